The van der Waals surface area contributed by atoms with E-state index in [9.17, 15) is 4.79 Å². The van der Waals surface area contributed by atoms with Crippen molar-refractivity contribution in [1.82, 2.24) is 15.3 Å². The van der Waals surface area contributed by atoms with Crippen molar-refractivity contribution in [3.05, 3.63) is 53.2 Å². The average Bonchev–Trinajstić information content (AvgIpc) is 3.16. The number of carbonyl (C=O) groups excluding carboxylic acids is 1. The van der Waals surface area contributed by atoms with Crippen molar-refractivity contribution in [2.45, 2.75) is 32.7 Å². The number of anilines is 1. The number of nitrogens with one attached hydrogen (secondary N) is 1. The molecule has 0 radical (unpaired) electrons. The first-order valence-corrected chi connectivity index (χ1v) is 10.4. The Hall–Kier alpha value is -2.47. The first-order chi connectivity index (χ1) is 13.2. The zero-order chi connectivity index (χ0) is 18.6. The van der Waals surface area contributed by atoms with Crippen LogP contribution in [0.4, 0.5) is 5.82 Å². The summed E-state index contributed by atoms with van der Waals surface area (Å²) in [4.78, 5) is 26.3. The van der Waals surface area contributed by atoms with Gasteiger partial charge in [-0.05, 0) is 30.9 Å². The lowest BCUT2D eigenvalue weighted by Crippen LogP contribution is -2.43. The number of nitrogens with zero attached hydrogens (tertiary/aromatic N) is 3. The fourth-order valence-electron chi connectivity index (χ4n) is 3.63. The number of thiophene rings is 1. The van der Waals surface area contributed by atoms with Crippen molar-refractivity contribution in [3.63, 3.8) is 0 Å². The Morgan fingerprint density at radius 1 is 1.30 bits per heavy atom. The number of amides is 1. The van der Waals surface area contributed by atoms with Gasteiger partial charge in [0.05, 0.1) is 11.3 Å². The molecule has 0 spiro atoms. The highest BCUT2D eigenvalue weighted by Crippen LogP contribution is 2.32. The van der Waals surface area contributed by atoms with Crippen LogP contribution in [0.1, 0.15) is 30.2 Å². The van der Waals surface area contributed by atoms with Crippen LogP contribution in [0.25, 0.3) is 10.2 Å². The molecule has 3 heterocycles. The molecule has 27 heavy (non-hydrogen) atoms. The smallest absolute Gasteiger partial charge is 0.225 e. The normalized spacial score (nSPS) is 17.2. The predicted molar refractivity (Wildman–Crippen MR) is 110 cm³/mol. The SMILES string of the molecule is CCc1cc2c(N3CCC[C@H](C(=O)NCc4ccccc4)C3)ncnc2s1. The Kier molecular flexibility index (Phi) is 5.34. The number of benzene rings is 1. The molecule has 1 atom stereocenters. The van der Waals surface area contributed by atoms with E-state index in [0.29, 0.717) is 13.1 Å². The molecule has 0 unspecified atom stereocenters. The zero-order valence-electron chi connectivity index (χ0n) is 15.5. The quantitative estimate of drug-likeness (QED) is 0.732. The maximum absolute atomic E-state index is 12.7. The maximum Gasteiger partial charge on any atom is 0.225 e. The van der Waals surface area contributed by atoms with E-state index in [1.165, 1.54) is 4.88 Å². The Morgan fingerprint density at radius 3 is 2.96 bits per heavy atom. The highest BCUT2D eigenvalue weighted by molar-refractivity contribution is 7.18. The van der Waals surface area contributed by atoms with Crippen molar-refractivity contribution in [3.8, 4) is 0 Å². The molecule has 4 rings (SSSR count). The van der Waals surface area contributed by atoms with Crippen LogP contribution in [0.2, 0.25) is 0 Å². The van der Waals surface area contributed by atoms with Gasteiger partial charge in [-0.1, -0.05) is 37.3 Å². The first-order valence-electron chi connectivity index (χ1n) is 9.54. The molecule has 1 saturated heterocycles. The minimum absolute atomic E-state index is 0.00300. The van der Waals surface area contributed by atoms with E-state index in [0.717, 1.165) is 47.4 Å². The summed E-state index contributed by atoms with van der Waals surface area (Å²) in [6.45, 7) is 4.39. The van der Waals surface area contributed by atoms with Crippen molar-refractivity contribution in [1.29, 1.82) is 0 Å². The van der Waals surface area contributed by atoms with Crippen LogP contribution in [0, 0.1) is 5.92 Å². The van der Waals surface area contributed by atoms with E-state index in [4.69, 9.17) is 0 Å². The lowest BCUT2D eigenvalue weighted by molar-refractivity contribution is -0.125. The molecule has 0 aliphatic carbocycles. The number of rotatable bonds is 5. The lowest BCUT2D eigenvalue weighted by Gasteiger charge is -2.33. The molecule has 0 bridgehead atoms. The van der Waals surface area contributed by atoms with Crippen LogP contribution in [-0.4, -0.2) is 29.0 Å². The summed E-state index contributed by atoms with van der Waals surface area (Å²) < 4.78 is 0. The van der Waals surface area contributed by atoms with E-state index in [2.05, 4.69) is 33.2 Å². The van der Waals surface area contributed by atoms with E-state index in [-0.39, 0.29) is 11.8 Å². The van der Waals surface area contributed by atoms with E-state index < -0.39 is 0 Å². The second kappa shape index (κ2) is 8.05. The van der Waals surface area contributed by atoms with Gasteiger partial charge >= 0.3 is 0 Å². The van der Waals surface area contributed by atoms with Gasteiger partial charge in [0, 0.05) is 24.5 Å². The van der Waals surface area contributed by atoms with Gasteiger partial charge in [0.15, 0.2) is 0 Å². The molecule has 0 saturated carbocycles. The summed E-state index contributed by atoms with van der Waals surface area (Å²) in [6.07, 6.45) is 4.58. The van der Waals surface area contributed by atoms with Gasteiger partial charge in [0.2, 0.25) is 5.91 Å². The molecular weight excluding hydrogens is 356 g/mol. The summed E-state index contributed by atoms with van der Waals surface area (Å²) in [5.41, 5.74) is 1.13. The molecule has 1 amide bonds. The largest absolute Gasteiger partial charge is 0.355 e. The molecule has 140 valence electrons. The second-order valence-electron chi connectivity index (χ2n) is 6.97. The predicted octanol–water partition coefficient (Wildman–Crippen LogP) is 3.79. The van der Waals surface area contributed by atoms with E-state index in [1.807, 2.05) is 30.3 Å². The third-order valence-electron chi connectivity index (χ3n) is 5.11. The number of aromatic nitrogens is 2. The van der Waals surface area contributed by atoms with Crippen molar-refractivity contribution >= 4 is 33.3 Å². The summed E-state index contributed by atoms with van der Waals surface area (Å²) in [7, 11) is 0. The molecule has 1 aliphatic heterocycles. The van der Waals surface area contributed by atoms with Crippen LogP contribution in [0.5, 0.6) is 0 Å². The van der Waals surface area contributed by atoms with Crippen molar-refractivity contribution in [2.24, 2.45) is 5.92 Å². The maximum atomic E-state index is 12.7. The number of hydrogen-bond donors (Lipinski definition) is 1. The first kappa shape index (κ1) is 17.9. The van der Waals surface area contributed by atoms with Crippen LogP contribution in [0.3, 0.4) is 0 Å². The third-order valence-corrected chi connectivity index (χ3v) is 6.30. The Balaban J connectivity index is 1.46. The highest BCUT2D eigenvalue weighted by Gasteiger charge is 2.27. The summed E-state index contributed by atoms with van der Waals surface area (Å²) in [6, 6.07) is 12.3. The molecule has 1 aliphatic rings. The van der Waals surface area contributed by atoms with Gasteiger partial charge in [-0.3, -0.25) is 4.79 Å². The summed E-state index contributed by atoms with van der Waals surface area (Å²) in [5, 5.41) is 4.21. The standard InChI is InChI=1S/C21H24N4OS/c1-2-17-11-18-19(23-14-24-21(18)27-17)25-10-6-9-16(13-25)20(26)22-12-15-7-4-3-5-8-15/h3-5,7-8,11,14,16H,2,6,9-10,12-13H2,1H3,(H,22,26)/t16-/m0/s1. The fraction of sp³-hybridized carbons (Fsp3) is 0.381. The molecule has 3 aromatic rings. The number of piperidine rings is 1. The molecule has 1 fully saturated rings. The van der Waals surface area contributed by atoms with Gasteiger partial charge in [-0.2, -0.15) is 0 Å². The Morgan fingerprint density at radius 2 is 2.15 bits per heavy atom. The Bertz CT molecular complexity index is 924. The van der Waals surface area contributed by atoms with Gasteiger partial charge < -0.3 is 10.2 Å². The molecule has 6 heteroatoms. The minimum atomic E-state index is -0.00300. The minimum Gasteiger partial charge on any atom is -0.355 e. The van der Waals surface area contributed by atoms with Gasteiger partial charge in [-0.15, -0.1) is 11.3 Å². The number of fused-ring (bicyclic) bond motifs is 1. The number of hydrogen-bond acceptors (Lipinski definition) is 5. The Labute approximate surface area is 163 Å². The molecule has 2 aromatic heterocycles. The van der Waals surface area contributed by atoms with Crippen LogP contribution < -0.4 is 10.2 Å². The van der Waals surface area contributed by atoms with E-state index in [1.54, 1.807) is 17.7 Å². The van der Waals surface area contributed by atoms with E-state index >= 15 is 0 Å². The highest BCUT2D eigenvalue weighted by atomic mass is 32.1. The van der Waals surface area contributed by atoms with Gasteiger partial charge in [-0.25, -0.2) is 9.97 Å². The monoisotopic (exact) mass is 380 g/mol. The van der Waals surface area contributed by atoms with Crippen molar-refractivity contribution < 1.29 is 4.79 Å². The summed E-state index contributed by atoms with van der Waals surface area (Å²) >= 11 is 1.73. The zero-order valence-corrected chi connectivity index (χ0v) is 16.3. The summed E-state index contributed by atoms with van der Waals surface area (Å²) in [5.74, 6) is 1.10. The van der Waals surface area contributed by atoms with Crippen molar-refractivity contribution in [2.75, 3.05) is 18.0 Å². The number of aryl methyl sites for hydroxylation is 1. The van der Waals surface area contributed by atoms with Crippen LogP contribution in [0.15, 0.2) is 42.7 Å². The lowest BCUT2D eigenvalue weighted by atomic mass is 9.97. The fourth-order valence-corrected chi connectivity index (χ4v) is 4.56. The molecular formula is C21H24N4OS. The third kappa shape index (κ3) is 3.95. The van der Waals surface area contributed by atoms with Crippen LogP contribution in [-0.2, 0) is 17.8 Å². The van der Waals surface area contributed by atoms with Gasteiger partial charge in [0.25, 0.3) is 0 Å². The second-order valence-corrected chi connectivity index (χ2v) is 8.09. The molecule has 1 aromatic carbocycles. The topological polar surface area (TPSA) is 58.1 Å². The average molecular weight is 381 g/mol. The molecule has 5 nitrogen and oxygen atoms in total. The van der Waals surface area contributed by atoms with Gasteiger partial charge in [0.1, 0.15) is 17.0 Å². The molecule has 1 N–H and O–H groups in total. The van der Waals surface area contributed by atoms with Crippen LogP contribution >= 0.6 is 11.3 Å². The number of carbonyl (C=O) groups is 1.